The zero-order valence-electron chi connectivity index (χ0n) is 14.9. The lowest BCUT2D eigenvalue weighted by Gasteiger charge is -2.27. The van der Waals surface area contributed by atoms with Gasteiger partial charge in [-0.05, 0) is 63.4 Å². The maximum Gasteiger partial charge on any atom is 0.229 e. The molecule has 26 heavy (non-hydrogen) atoms. The molecule has 2 N–H and O–H groups in total. The van der Waals surface area contributed by atoms with Gasteiger partial charge in [0.2, 0.25) is 17.6 Å². The highest BCUT2D eigenvalue weighted by Gasteiger charge is 2.29. The average molecular weight is 356 g/mol. The van der Waals surface area contributed by atoms with E-state index in [1.54, 1.807) is 0 Å². The van der Waals surface area contributed by atoms with Gasteiger partial charge in [-0.3, -0.25) is 4.79 Å². The molecule has 2 fully saturated rings. The van der Waals surface area contributed by atoms with E-state index in [0.717, 1.165) is 37.9 Å². The molecule has 0 radical (unpaired) electrons. The number of ether oxygens (including phenoxy) is 1. The molecule has 2 heterocycles. The van der Waals surface area contributed by atoms with Crippen LogP contribution in [0, 0.1) is 5.92 Å². The number of nitrogens with zero attached hydrogens (tertiary/aromatic N) is 2. The Morgan fingerprint density at radius 1 is 1.31 bits per heavy atom. The van der Waals surface area contributed by atoms with Gasteiger partial charge in [-0.15, -0.1) is 0 Å². The Hall–Kier alpha value is -2.41. The first kappa shape index (κ1) is 17.0. The molecule has 0 spiro atoms. The molecule has 1 saturated carbocycles. The molecular weight excluding hydrogens is 332 g/mol. The number of hydrogen-bond acceptors (Lipinski definition) is 6. The van der Waals surface area contributed by atoms with E-state index in [1.807, 2.05) is 24.3 Å². The van der Waals surface area contributed by atoms with Crippen molar-refractivity contribution in [3.05, 3.63) is 36.0 Å². The lowest BCUT2D eigenvalue weighted by Crippen LogP contribution is -2.40. The third-order valence-corrected chi connectivity index (χ3v) is 4.89. The van der Waals surface area contributed by atoms with Crippen LogP contribution in [0.5, 0.6) is 5.75 Å². The number of piperidine rings is 1. The molecule has 4 rings (SSSR count). The van der Waals surface area contributed by atoms with Gasteiger partial charge in [0.05, 0.1) is 0 Å². The van der Waals surface area contributed by atoms with Gasteiger partial charge in [-0.1, -0.05) is 5.16 Å². The number of nitrogens with one attached hydrogen (secondary N) is 2. The molecule has 1 saturated heterocycles. The SMILES string of the molecule is C[C@H]1C[C@@H](C(=O)Nc2ccc(OCc3noc(C4CC4)n3)cc2)CCN1. The number of amides is 1. The summed E-state index contributed by atoms with van der Waals surface area (Å²) in [7, 11) is 0. The topological polar surface area (TPSA) is 89.3 Å². The van der Waals surface area contributed by atoms with E-state index in [4.69, 9.17) is 9.26 Å². The van der Waals surface area contributed by atoms with Crippen molar-refractivity contribution in [2.45, 2.75) is 51.2 Å². The van der Waals surface area contributed by atoms with Crippen LogP contribution >= 0.6 is 0 Å². The van der Waals surface area contributed by atoms with Crippen molar-refractivity contribution in [1.29, 1.82) is 0 Å². The van der Waals surface area contributed by atoms with Crippen LogP contribution in [0.3, 0.4) is 0 Å². The zero-order valence-corrected chi connectivity index (χ0v) is 14.9. The third-order valence-electron chi connectivity index (χ3n) is 4.89. The fraction of sp³-hybridized carbons (Fsp3) is 0.526. The van der Waals surface area contributed by atoms with E-state index >= 15 is 0 Å². The third kappa shape index (κ3) is 4.22. The maximum absolute atomic E-state index is 12.4. The fourth-order valence-electron chi connectivity index (χ4n) is 3.22. The predicted octanol–water partition coefficient (Wildman–Crippen LogP) is 2.85. The molecule has 1 aliphatic carbocycles. The zero-order chi connectivity index (χ0) is 17.9. The summed E-state index contributed by atoms with van der Waals surface area (Å²) in [6.07, 6.45) is 4.02. The molecule has 7 heteroatoms. The Bertz CT molecular complexity index is 754. The minimum absolute atomic E-state index is 0.0704. The smallest absolute Gasteiger partial charge is 0.229 e. The van der Waals surface area contributed by atoms with Crippen molar-refractivity contribution >= 4 is 11.6 Å². The molecule has 1 aliphatic heterocycles. The van der Waals surface area contributed by atoms with Gasteiger partial charge < -0.3 is 19.9 Å². The molecule has 2 aromatic rings. The Labute approximate surface area is 152 Å². The number of anilines is 1. The number of rotatable bonds is 6. The first-order valence-corrected chi connectivity index (χ1v) is 9.27. The van der Waals surface area contributed by atoms with Crippen LogP contribution in [0.15, 0.2) is 28.8 Å². The normalized spacial score (nSPS) is 22.8. The number of hydrogen-bond donors (Lipinski definition) is 2. The highest BCUT2D eigenvalue weighted by Crippen LogP contribution is 2.38. The largest absolute Gasteiger partial charge is 0.485 e. The molecule has 2 aliphatic rings. The van der Waals surface area contributed by atoms with Crippen LogP contribution < -0.4 is 15.4 Å². The molecule has 7 nitrogen and oxygen atoms in total. The summed E-state index contributed by atoms with van der Waals surface area (Å²) in [5.74, 6) is 2.59. The van der Waals surface area contributed by atoms with Gasteiger partial charge >= 0.3 is 0 Å². The van der Waals surface area contributed by atoms with E-state index in [0.29, 0.717) is 29.4 Å². The van der Waals surface area contributed by atoms with Crippen LogP contribution in [0.4, 0.5) is 5.69 Å². The van der Waals surface area contributed by atoms with Gasteiger partial charge in [-0.2, -0.15) is 4.98 Å². The van der Waals surface area contributed by atoms with Crippen LogP contribution in [0.1, 0.15) is 50.2 Å². The van der Waals surface area contributed by atoms with Crippen molar-refractivity contribution < 1.29 is 14.1 Å². The minimum Gasteiger partial charge on any atom is -0.485 e. The van der Waals surface area contributed by atoms with Crippen LogP contribution in [0.25, 0.3) is 0 Å². The predicted molar refractivity (Wildman–Crippen MR) is 95.9 cm³/mol. The minimum atomic E-state index is 0.0704. The van der Waals surface area contributed by atoms with Gasteiger partial charge in [0.25, 0.3) is 0 Å². The summed E-state index contributed by atoms with van der Waals surface area (Å²) < 4.78 is 10.9. The lowest BCUT2D eigenvalue weighted by molar-refractivity contribution is -0.120. The second-order valence-electron chi connectivity index (χ2n) is 7.20. The summed E-state index contributed by atoms with van der Waals surface area (Å²) in [5.41, 5.74) is 0.782. The summed E-state index contributed by atoms with van der Waals surface area (Å²) in [6, 6.07) is 7.76. The average Bonchev–Trinajstić information content (AvgIpc) is 3.39. The van der Waals surface area contributed by atoms with E-state index in [2.05, 4.69) is 27.7 Å². The number of aromatic nitrogens is 2. The Morgan fingerprint density at radius 2 is 2.12 bits per heavy atom. The Morgan fingerprint density at radius 3 is 2.85 bits per heavy atom. The fourth-order valence-corrected chi connectivity index (χ4v) is 3.22. The molecular formula is C19H24N4O3. The Kier molecular flexibility index (Phi) is 4.88. The molecule has 1 amide bonds. The molecule has 2 atom stereocenters. The highest BCUT2D eigenvalue weighted by molar-refractivity contribution is 5.92. The summed E-state index contributed by atoms with van der Waals surface area (Å²) in [6.45, 7) is 3.28. The second kappa shape index (κ2) is 7.45. The molecule has 138 valence electrons. The van der Waals surface area contributed by atoms with Crippen molar-refractivity contribution in [2.24, 2.45) is 5.92 Å². The monoisotopic (exact) mass is 356 g/mol. The van der Waals surface area contributed by atoms with E-state index in [1.165, 1.54) is 0 Å². The summed E-state index contributed by atoms with van der Waals surface area (Å²) in [4.78, 5) is 16.7. The molecule has 0 bridgehead atoms. The second-order valence-corrected chi connectivity index (χ2v) is 7.20. The van der Waals surface area contributed by atoms with E-state index in [-0.39, 0.29) is 18.4 Å². The number of benzene rings is 1. The molecule has 1 aromatic heterocycles. The Balaban J connectivity index is 1.27. The maximum atomic E-state index is 12.4. The summed E-state index contributed by atoms with van der Waals surface area (Å²) in [5, 5.41) is 10.3. The van der Waals surface area contributed by atoms with E-state index in [9.17, 15) is 4.79 Å². The first-order valence-electron chi connectivity index (χ1n) is 9.27. The highest BCUT2D eigenvalue weighted by atomic mass is 16.5. The standard InChI is InChI=1S/C19H24N4O3/c1-12-10-14(8-9-20-12)18(24)21-15-4-6-16(7-5-15)25-11-17-22-19(26-23-17)13-2-3-13/h4-7,12-14,20H,2-3,8-11H2,1H3,(H,21,24)/t12-,14-/m0/s1. The summed E-state index contributed by atoms with van der Waals surface area (Å²) >= 11 is 0. The quantitative estimate of drug-likeness (QED) is 0.827. The van der Waals surface area contributed by atoms with Crippen molar-refractivity contribution in [2.75, 3.05) is 11.9 Å². The molecule has 1 aromatic carbocycles. The van der Waals surface area contributed by atoms with Crippen LogP contribution in [-0.2, 0) is 11.4 Å². The van der Waals surface area contributed by atoms with Crippen molar-refractivity contribution in [3.8, 4) is 5.75 Å². The molecule has 0 unspecified atom stereocenters. The number of carbonyl (C=O) groups is 1. The first-order chi connectivity index (χ1) is 12.7. The lowest BCUT2D eigenvalue weighted by atomic mass is 9.92. The number of carbonyl (C=O) groups excluding carboxylic acids is 1. The van der Waals surface area contributed by atoms with Crippen LogP contribution in [0.2, 0.25) is 0 Å². The van der Waals surface area contributed by atoms with E-state index < -0.39 is 0 Å². The van der Waals surface area contributed by atoms with Gasteiger partial charge in [-0.25, -0.2) is 0 Å². The van der Waals surface area contributed by atoms with Gasteiger partial charge in [0.15, 0.2) is 6.61 Å². The van der Waals surface area contributed by atoms with Gasteiger partial charge in [0, 0.05) is 23.6 Å². The van der Waals surface area contributed by atoms with Gasteiger partial charge in [0.1, 0.15) is 5.75 Å². The van der Waals surface area contributed by atoms with Crippen LogP contribution in [-0.4, -0.2) is 28.6 Å². The van der Waals surface area contributed by atoms with Crippen molar-refractivity contribution in [3.63, 3.8) is 0 Å². The van der Waals surface area contributed by atoms with Crippen molar-refractivity contribution in [1.82, 2.24) is 15.5 Å².